The van der Waals surface area contributed by atoms with Gasteiger partial charge in [0.1, 0.15) is 5.01 Å². The molecule has 0 atom stereocenters. The van der Waals surface area contributed by atoms with Crippen LogP contribution in [0.5, 0.6) is 11.5 Å². The lowest BCUT2D eigenvalue weighted by Gasteiger charge is -2.11. The zero-order valence-corrected chi connectivity index (χ0v) is 20.7. The first-order chi connectivity index (χ1) is 15.5. The molecule has 1 aromatic carbocycles. The maximum Gasteiger partial charge on any atom is 0.266 e. The predicted molar refractivity (Wildman–Crippen MR) is 132 cm³/mol. The smallest absolute Gasteiger partial charge is 0.266 e. The van der Waals surface area contributed by atoms with Crippen LogP contribution in [-0.2, 0) is 4.79 Å². The highest BCUT2D eigenvalue weighted by Crippen LogP contribution is 2.35. The molecule has 1 fully saturated rings. The summed E-state index contributed by atoms with van der Waals surface area (Å²) in [4.78, 5) is 19.3. The Morgan fingerprint density at radius 3 is 2.62 bits per heavy atom. The summed E-state index contributed by atoms with van der Waals surface area (Å²) in [5, 5.41) is 9.94. The lowest BCUT2D eigenvalue weighted by molar-refractivity contribution is -0.121. The van der Waals surface area contributed by atoms with Gasteiger partial charge in [-0.25, -0.2) is 0 Å². The Labute approximate surface area is 197 Å². The van der Waals surface area contributed by atoms with Gasteiger partial charge in [0, 0.05) is 7.05 Å². The Bertz CT molecular complexity index is 987. The largest absolute Gasteiger partial charge is 0.493 e. The van der Waals surface area contributed by atoms with Crippen LogP contribution in [0.1, 0.15) is 56.0 Å². The molecular formula is C23H30N4O3S2. The van der Waals surface area contributed by atoms with Gasteiger partial charge in [0.05, 0.1) is 18.6 Å². The Kier molecular flexibility index (Phi) is 9.11. The van der Waals surface area contributed by atoms with Gasteiger partial charge in [0.2, 0.25) is 5.13 Å². The van der Waals surface area contributed by atoms with Gasteiger partial charge in [-0.1, -0.05) is 56.4 Å². The molecule has 1 aliphatic rings. The van der Waals surface area contributed by atoms with Crippen molar-refractivity contribution in [2.75, 3.05) is 20.8 Å². The monoisotopic (exact) mass is 474 g/mol. The summed E-state index contributed by atoms with van der Waals surface area (Å²) in [6.45, 7) is 4.77. The van der Waals surface area contributed by atoms with E-state index in [1.165, 1.54) is 60.1 Å². The molecule has 1 aliphatic heterocycles. The number of thioether (sulfide) groups is 1. The number of carbonyl (C=O) groups is 1. The van der Waals surface area contributed by atoms with Crippen molar-refractivity contribution >= 4 is 45.4 Å². The second kappa shape index (κ2) is 12.0. The number of methoxy groups -OCH3 is 1. The lowest BCUT2D eigenvalue weighted by Crippen LogP contribution is -2.23. The van der Waals surface area contributed by atoms with Crippen LogP contribution in [0.3, 0.4) is 0 Å². The molecule has 0 aliphatic carbocycles. The molecule has 3 rings (SSSR count). The molecule has 0 bridgehead atoms. The van der Waals surface area contributed by atoms with Gasteiger partial charge >= 0.3 is 0 Å². The molecule has 0 unspecified atom stereocenters. The molecular weight excluding hydrogens is 444 g/mol. The Hall–Kier alpha value is -2.39. The first-order valence-electron chi connectivity index (χ1n) is 10.9. The van der Waals surface area contributed by atoms with Crippen molar-refractivity contribution < 1.29 is 14.3 Å². The van der Waals surface area contributed by atoms with Crippen LogP contribution >= 0.6 is 23.1 Å². The molecule has 1 aromatic heterocycles. The predicted octanol–water partition coefficient (Wildman–Crippen LogP) is 5.83. The summed E-state index contributed by atoms with van der Waals surface area (Å²) >= 11 is 2.71. The van der Waals surface area contributed by atoms with E-state index in [4.69, 9.17) is 9.47 Å². The van der Waals surface area contributed by atoms with Gasteiger partial charge in [0.25, 0.3) is 5.91 Å². The molecule has 172 valence electrons. The van der Waals surface area contributed by atoms with Crippen LogP contribution in [-0.4, -0.2) is 46.9 Å². The van der Waals surface area contributed by atoms with Crippen LogP contribution in [0.4, 0.5) is 5.13 Å². The second-order valence-corrected chi connectivity index (χ2v) is 9.67. The maximum absolute atomic E-state index is 12.7. The number of carbonyl (C=O) groups excluding carboxylic acids is 1. The van der Waals surface area contributed by atoms with E-state index in [1.54, 1.807) is 14.2 Å². The van der Waals surface area contributed by atoms with Crippen LogP contribution < -0.4 is 9.47 Å². The molecule has 0 radical (unpaired) electrons. The minimum Gasteiger partial charge on any atom is -0.493 e. The standard InChI is InChI=1S/C23H30N4O3S2/c1-5-6-7-8-9-10-13-30-18-12-11-17(14-19(18)29-4)15-20-21(28)27(3)23(32-20)24-22-26-25-16(2)31-22/h11-12,14-15H,5-10,13H2,1-4H3/b20-15-,24-23+. The maximum atomic E-state index is 12.7. The SMILES string of the molecule is CCCCCCCCOc1ccc(/C=C2\S/C(=N/c3nnc(C)s3)N(C)C2=O)cc1OC. The Balaban J connectivity index is 1.63. The van der Waals surface area contributed by atoms with E-state index in [9.17, 15) is 4.79 Å². The van der Waals surface area contributed by atoms with Gasteiger partial charge in [-0.05, 0) is 48.9 Å². The van der Waals surface area contributed by atoms with E-state index in [2.05, 4.69) is 22.1 Å². The van der Waals surface area contributed by atoms with Crippen LogP contribution in [0.2, 0.25) is 0 Å². The molecule has 1 saturated heterocycles. The summed E-state index contributed by atoms with van der Waals surface area (Å²) < 4.78 is 11.4. The number of ether oxygens (including phenoxy) is 2. The van der Waals surface area contributed by atoms with Crippen molar-refractivity contribution in [2.24, 2.45) is 4.99 Å². The molecule has 0 saturated carbocycles. The number of likely N-dealkylation sites (N-methyl/N-ethyl adjacent to an activating group) is 1. The number of aromatic nitrogens is 2. The van der Waals surface area contributed by atoms with Gasteiger partial charge in [0.15, 0.2) is 16.7 Å². The van der Waals surface area contributed by atoms with Crippen molar-refractivity contribution in [2.45, 2.75) is 52.4 Å². The number of amidine groups is 1. The number of unbranched alkanes of at least 4 members (excludes halogenated alkanes) is 5. The van der Waals surface area contributed by atoms with Crippen molar-refractivity contribution in [1.29, 1.82) is 0 Å². The molecule has 1 amide bonds. The first-order valence-corrected chi connectivity index (χ1v) is 12.5. The number of nitrogens with zero attached hydrogens (tertiary/aromatic N) is 4. The summed E-state index contributed by atoms with van der Waals surface area (Å²) in [6, 6.07) is 5.72. The number of rotatable bonds is 11. The van der Waals surface area contributed by atoms with Crippen molar-refractivity contribution in [3.8, 4) is 11.5 Å². The average molecular weight is 475 g/mol. The van der Waals surface area contributed by atoms with Crippen molar-refractivity contribution in [3.05, 3.63) is 33.7 Å². The molecule has 2 heterocycles. The van der Waals surface area contributed by atoms with Gasteiger partial charge in [-0.2, -0.15) is 4.99 Å². The van der Waals surface area contributed by atoms with E-state index in [0.717, 1.165) is 22.7 Å². The summed E-state index contributed by atoms with van der Waals surface area (Å²) in [5.74, 6) is 1.28. The average Bonchev–Trinajstić information content (AvgIpc) is 3.31. The minimum atomic E-state index is -0.0997. The Morgan fingerprint density at radius 2 is 1.91 bits per heavy atom. The summed E-state index contributed by atoms with van der Waals surface area (Å²) in [7, 11) is 3.34. The highest BCUT2D eigenvalue weighted by Gasteiger charge is 2.30. The van der Waals surface area contributed by atoms with Gasteiger partial charge in [-0.15, -0.1) is 10.2 Å². The van der Waals surface area contributed by atoms with Crippen molar-refractivity contribution in [1.82, 2.24) is 15.1 Å². The lowest BCUT2D eigenvalue weighted by atomic mass is 10.1. The third-order valence-corrected chi connectivity index (χ3v) is 6.74. The number of aliphatic imine (C=N–C) groups is 1. The van der Waals surface area contributed by atoms with Crippen LogP contribution in [0.25, 0.3) is 6.08 Å². The number of benzene rings is 1. The van der Waals surface area contributed by atoms with Crippen LogP contribution in [0.15, 0.2) is 28.1 Å². The molecule has 32 heavy (non-hydrogen) atoms. The van der Waals surface area contributed by atoms with E-state index < -0.39 is 0 Å². The number of amides is 1. The van der Waals surface area contributed by atoms with Gasteiger partial charge in [-0.3, -0.25) is 9.69 Å². The zero-order valence-electron chi connectivity index (χ0n) is 19.1. The molecule has 0 spiro atoms. The van der Waals surface area contributed by atoms with Crippen molar-refractivity contribution in [3.63, 3.8) is 0 Å². The zero-order chi connectivity index (χ0) is 22.9. The molecule has 7 nitrogen and oxygen atoms in total. The van der Waals surface area contributed by atoms with E-state index in [0.29, 0.717) is 27.6 Å². The van der Waals surface area contributed by atoms with Gasteiger partial charge < -0.3 is 9.47 Å². The first kappa shape index (κ1) is 24.3. The normalized spacial score (nSPS) is 16.4. The third kappa shape index (κ3) is 6.56. The molecule has 2 aromatic rings. The minimum absolute atomic E-state index is 0.0997. The van der Waals surface area contributed by atoms with E-state index >= 15 is 0 Å². The quantitative estimate of drug-likeness (QED) is 0.301. The Morgan fingerprint density at radius 1 is 1.12 bits per heavy atom. The topological polar surface area (TPSA) is 76.9 Å². The fraction of sp³-hybridized carbons (Fsp3) is 0.478. The third-order valence-electron chi connectivity index (χ3n) is 4.95. The number of hydrogen-bond donors (Lipinski definition) is 0. The highest BCUT2D eigenvalue weighted by atomic mass is 32.2. The fourth-order valence-electron chi connectivity index (χ4n) is 3.17. The highest BCUT2D eigenvalue weighted by molar-refractivity contribution is 8.18. The summed E-state index contributed by atoms with van der Waals surface area (Å²) in [6.07, 6.45) is 9.17. The number of aryl methyl sites for hydroxylation is 1. The molecule has 0 N–H and O–H groups in total. The summed E-state index contributed by atoms with van der Waals surface area (Å²) in [5.41, 5.74) is 0.867. The second-order valence-electron chi connectivity index (χ2n) is 7.50. The molecule has 9 heteroatoms. The number of hydrogen-bond acceptors (Lipinski definition) is 8. The van der Waals surface area contributed by atoms with Crippen LogP contribution in [0, 0.1) is 6.92 Å². The fourth-order valence-corrected chi connectivity index (χ4v) is 4.76. The van der Waals surface area contributed by atoms with E-state index in [-0.39, 0.29) is 5.91 Å². The van der Waals surface area contributed by atoms with E-state index in [1.807, 2.05) is 31.2 Å².